The zero-order valence-corrected chi connectivity index (χ0v) is 15.1. The molecule has 2 N–H and O–H groups in total. The fraction of sp³-hybridized carbons (Fsp3) is 0.647. The Kier molecular flexibility index (Phi) is 5.94. The van der Waals surface area contributed by atoms with Crippen molar-refractivity contribution in [2.24, 2.45) is 5.41 Å². The van der Waals surface area contributed by atoms with E-state index in [1.165, 1.54) is 0 Å². The third-order valence-electron chi connectivity index (χ3n) is 3.37. The molecule has 4 heteroatoms. The standard InChI is InChI=1S/C17H28ClNO2/c1-16(2,3)11-17(4,5)19-10-12-8-13(18)15(21-7)14(9-12)20-6/h8-9,19H,10-11H2,1-7H3/p+1. The highest BCUT2D eigenvalue weighted by Crippen LogP contribution is 2.35. The summed E-state index contributed by atoms with van der Waals surface area (Å²) >= 11 is 6.25. The first-order valence-corrected chi connectivity index (χ1v) is 7.70. The first-order chi connectivity index (χ1) is 9.58. The molecular weight excluding hydrogens is 286 g/mol. The Labute approximate surface area is 134 Å². The van der Waals surface area contributed by atoms with Crippen LogP contribution in [-0.2, 0) is 6.54 Å². The molecule has 1 rings (SSSR count). The number of methoxy groups -OCH3 is 2. The highest BCUT2D eigenvalue weighted by molar-refractivity contribution is 6.32. The van der Waals surface area contributed by atoms with Crippen LogP contribution in [0.5, 0.6) is 11.5 Å². The van der Waals surface area contributed by atoms with Crippen molar-refractivity contribution in [3.63, 3.8) is 0 Å². The van der Waals surface area contributed by atoms with Gasteiger partial charge in [-0.05, 0) is 31.4 Å². The molecule has 0 aliphatic carbocycles. The number of rotatable bonds is 6. The lowest BCUT2D eigenvalue weighted by Gasteiger charge is -2.30. The van der Waals surface area contributed by atoms with Gasteiger partial charge in [0.25, 0.3) is 0 Å². The predicted molar refractivity (Wildman–Crippen MR) is 88.3 cm³/mol. The molecule has 1 aromatic carbocycles. The Hall–Kier alpha value is -0.930. The summed E-state index contributed by atoms with van der Waals surface area (Å²) in [7, 11) is 3.23. The van der Waals surface area contributed by atoms with E-state index in [1.807, 2.05) is 12.1 Å². The highest BCUT2D eigenvalue weighted by atomic mass is 35.5. The minimum Gasteiger partial charge on any atom is -0.493 e. The number of halogens is 1. The number of benzene rings is 1. The van der Waals surface area contributed by atoms with E-state index in [0.717, 1.165) is 18.5 Å². The molecule has 0 saturated carbocycles. The van der Waals surface area contributed by atoms with Crippen LogP contribution < -0.4 is 14.8 Å². The quantitative estimate of drug-likeness (QED) is 0.870. The van der Waals surface area contributed by atoms with Crippen molar-refractivity contribution < 1.29 is 14.8 Å². The summed E-state index contributed by atoms with van der Waals surface area (Å²) in [6.45, 7) is 12.2. The van der Waals surface area contributed by atoms with Crippen LogP contribution in [0.15, 0.2) is 12.1 Å². The molecule has 0 radical (unpaired) electrons. The second-order valence-electron chi connectivity index (χ2n) is 7.45. The average Bonchev–Trinajstić information content (AvgIpc) is 2.32. The van der Waals surface area contributed by atoms with E-state index >= 15 is 0 Å². The topological polar surface area (TPSA) is 35.1 Å². The molecule has 3 nitrogen and oxygen atoms in total. The van der Waals surface area contributed by atoms with Crippen molar-refractivity contribution in [3.05, 3.63) is 22.7 Å². The van der Waals surface area contributed by atoms with Crippen LogP contribution in [0.2, 0.25) is 5.02 Å². The SMILES string of the molecule is COc1cc(C[NH2+]C(C)(C)CC(C)(C)C)cc(Cl)c1OC. The maximum absolute atomic E-state index is 6.25. The number of quaternary nitrogens is 1. The summed E-state index contributed by atoms with van der Waals surface area (Å²) in [5.74, 6) is 1.28. The molecule has 0 aliphatic rings. The van der Waals surface area contributed by atoms with Crippen LogP contribution in [0.3, 0.4) is 0 Å². The summed E-state index contributed by atoms with van der Waals surface area (Å²) in [5.41, 5.74) is 1.63. The maximum Gasteiger partial charge on any atom is 0.179 e. The Morgan fingerprint density at radius 2 is 1.67 bits per heavy atom. The zero-order chi connectivity index (χ0) is 16.3. The van der Waals surface area contributed by atoms with Crippen LogP contribution in [0, 0.1) is 5.41 Å². The molecule has 0 bridgehead atoms. The van der Waals surface area contributed by atoms with Gasteiger partial charge in [-0.1, -0.05) is 32.4 Å². The van der Waals surface area contributed by atoms with E-state index in [2.05, 4.69) is 39.9 Å². The van der Waals surface area contributed by atoms with E-state index in [-0.39, 0.29) is 5.54 Å². The molecule has 1 aromatic rings. The molecule has 0 aliphatic heterocycles. The largest absolute Gasteiger partial charge is 0.493 e. The van der Waals surface area contributed by atoms with Crippen LogP contribution in [-0.4, -0.2) is 19.8 Å². The van der Waals surface area contributed by atoms with Gasteiger partial charge in [0.05, 0.1) is 24.8 Å². The normalized spacial score (nSPS) is 12.4. The molecule has 0 saturated heterocycles. The van der Waals surface area contributed by atoms with Gasteiger partial charge in [-0.25, -0.2) is 0 Å². The molecule has 0 unspecified atom stereocenters. The second kappa shape index (κ2) is 6.89. The lowest BCUT2D eigenvalue weighted by Crippen LogP contribution is -2.94. The van der Waals surface area contributed by atoms with E-state index in [9.17, 15) is 0 Å². The van der Waals surface area contributed by atoms with Crippen LogP contribution in [0.25, 0.3) is 0 Å². The smallest absolute Gasteiger partial charge is 0.179 e. The van der Waals surface area contributed by atoms with Gasteiger partial charge in [-0.3, -0.25) is 0 Å². The van der Waals surface area contributed by atoms with Gasteiger partial charge in [0.1, 0.15) is 6.54 Å². The van der Waals surface area contributed by atoms with Gasteiger partial charge in [-0.2, -0.15) is 0 Å². The minimum absolute atomic E-state index is 0.178. The summed E-state index contributed by atoms with van der Waals surface area (Å²) in [6.07, 6.45) is 1.14. The minimum atomic E-state index is 0.178. The Morgan fingerprint density at radius 1 is 1.05 bits per heavy atom. The molecule has 21 heavy (non-hydrogen) atoms. The number of nitrogens with two attached hydrogens (primary N) is 1. The third kappa shape index (κ3) is 5.76. The van der Waals surface area contributed by atoms with Gasteiger partial charge in [-0.15, -0.1) is 0 Å². The lowest BCUT2D eigenvalue weighted by atomic mass is 9.82. The first-order valence-electron chi connectivity index (χ1n) is 7.33. The van der Waals surface area contributed by atoms with E-state index in [4.69, 9.17) is 21.1 Å². The fourth-order valence-corrected chi connectivity index (χ4v) is 3.23. The lowest BCUT2D eigenvalue weighted by molar-refractivity contribution is -0.737. The van der Waals surface area contributed by atoms with Crippen molar-refractivity contribution in [1.82, 2.24) is 0 Å². The molecule has 120 valence electrons. The number of ether oxygens (including phenoxy) is 2. The van der Waals surface area contributed by atoms with Crippen molar-refractivity contribution >= 4 is 11.6 Å². The molecule has 0 atom stereocenters. The highest BCUT2D eigenvalue weighted by Gasteiger charge is 2.28. The third-order valence-corrected chi connectivity index (χ3v) is 3.65. The molecule has 0 aromatic heterocycles. The molecular formula is C17H29ClNO2+. The molecule has 0 fully saturated rings. The van der Waals surface area contributed by atoms with Crippen molar-refractivity contribution in [3.8, 4) is 11.5 Å². The van der Waals surface area contributed by atoms with Gasteiger partial charge >= 0.3 is 0 Å². The average molecular weight is 315 g/mol. The molecule has 0 amide bonds. The summed E-state index contributed by atoms with van der Waals surface area (Å²) in [6, 6.07) is 3.95. The van der Waals surface area contributed by atoms with Gasteiger partial charge in [0.15, 0.2) is 11.5 Å². The van der Waals surface area contributed by atoms with Crippen LogP contribution >= 0.6 is 11.6 Å². The van der Waals surface area contributed by atoms with E-state index in [1.54, 1.807) is 14.2 Å². The molecule has 0 heterocycles. The molecule has 0 spiro atoms. The van der Waals surface area contributed by atoms with E-state index in [0.29, 0.717) is 21.9 Å². The Morgan fingerprint density at radius 3 is 2.14 bits per heavy atom. The van der Waals surface area contributed by atoms with Gasteiger partial charge < -0.3 is 14.8 Å². The monoisotopic (exact) mass is 314 g/mol. The predicted octanol–water partition coefficient (Wildman–Crippen LogP) is 3.64. The number of hydrogen-bond donors (Lipinski definition) is 1. The van der Waals surface area contributed by atoms with Crippen molar-refractivity contribution in [2.45, 2.75) is 53.1 Å². The zero-order valence-electron chi connectivity index (χ0n) is 14.3. The summed E-state index contributed by atoms with van der Waals surface area (Å²) < 4.78 is 10.6. The Balaban J connectivity index is 2.82. The second-order valence-corrected chi connectivity index (χ2v) is 7.85. The van der Waals surface area contributed by atoms with Gasteiger partial charge in [0.2, 0.25) is 0 Å². The van der Waals surface area contributed by atoms with Crippen molar-refractivity contribution in [1.29, 1.82) is 0 Å². The van der Waals surface area contributed by atoms with E-state index < -0.39 is 0 Å². The Bertz CT molecular complexity index is 478. The number of hydrogen-bond acceptors (Lipinski definition) is 2. The van der Waals surface area contributed by atoms with Crippen molar-refractivity contribution in [2.75, 3.05) is 14.2 Å². The fourth-order valence-electron chi connectivity index (χ4n) is 2.92. The van der Waals surface area contributed by atoms with Gasteiger partial charge in [0, 0.05) is 12.0 Å². The maximum atomic E-state index is 6.25. The summed E-state index contributed by atoms with van der Waals surface area (Å²) in [5, 5.41) is 2.95. The first kappa shape index (κ1) is 18.1. The summed E-state index contributed by atoms with van der Waals surface area (Å²) in [4.78, 5) is 0. The van der Waals surface area contributed by atoms with Crippen LogP contribution in [0.4, 0.5) is 0 Å². The van der Waals surface area contributed by atoms with Crippen LogP contribution in [0.1, 0.15) is 46.6 Å².